The van der Waals surface area contributed by atoms with Crippen molar-refractivity contribution in [3.05, 3.63) is 0 Å². The third kappa shape index (κ3) is 3.85. The van der Waals surface area contributed by atoms with Crippen molar-refractivity contribution in [1.29, 1.82) is 0 Å². The Morgan fingerprint density at radius 1 is 1.69 bits per heavy atom. The minimum Gasteiger partial charge on any atom is -0.378 e. The van der Waals surface area contributed by atoms with Crippen molar-refractivity contribution in [2.24, 2.45) is 0 Å². The van der Waals surface area contributed by atoms with E-state index in [0.29, 0.717) is 13.2 Å². The maximum atomic E-state index is 11.4. The number of hydrogen-bond donors (Lipinski definition) is 1. The van der Waals surface area contributed by atoms with Crippen LogP contribution in [0.15, 0.2) is 0 Å². The normalized spacial score (nSPS) is 23.5. The van der Waals surface area contributed by atoms with Gasteiger partial charge in [-0.1, -0.05) is 0 Å². The zero-order chi connectivity index (χ0) is 9.68. The maximum Gasteiger partial charge on any atom is 0.177 e. The summed E-state index contributed by atoms with van der Waals surface area (Å²) in [5, 5.41) is 3.09. The van der Waals surface area contributed by atoms with E-state index in [1.807, 2.05) is 13.8 Å². The lowest BCUT2D eigenvalue weighted by Gasteiger charge is -2.22. The number of Topliss-reactive ketones (excluding diaryl/α,β-unsaturated/α-hetero) is 1. The Morgan fingerprint density at radius 3 is 3.00 bits per heavy atom. The lowest BCUT2D eigenvalue weighted by molar-refractivity contribution is -0.129. The molecule has 4 nitrogen and oxygen atoms in total. The second kappa shape index (κ2) is 5.32. The molecule has 1 heterocycles. The molecule has 76 valence electrons. The molecule has 0 aliphatic carbocycles. The molecule has 1 aliphatic rings. The smallest absolute Gasteiger partial charge is 0.177 e. The van der Waals surface area contributed by atoms with E-state index in [1.54, 1.807) is 0 Å². The molecule has 1 atom stereocenters. The van der Waals surface area contributed by atoms with Crippen LogP contribution in [-0.4, -0.2) is 44.3 Å². The zero-order valence-electron chi connectivity index (χ0n) is 8.21. The molecule has 4 heteroatoms. The summed E-state index contributed by atoms with van der Waals surface area (Å²) in [6.07, 6.45) is 0.105. The number of carbonyl (C=O) groups is 1. The Labute approximate surface area is 78.6 Å². The molecular weight excluding hydrogens is 170 g/mol. The van der Waals surface area contributed by atoms with Crippen LogP contribution in [0.5, 0.6) is 0 Å². The van der Waals surface area contributed by atoms with Gasteiger partial charge in [-0.05, 0) is 13.8 Å². The van der Waals surface area contributed by atoms with Gasteiger partial charge in [-0.25, -0.2) is 0 Å². The van der Waals surface area contributed by atoms with Gasteiger partial charge in [-0.3, -0.25) is 4.79 Å². The van der Waals surface area contributed by atoms with E-state index >= 15 is 0 Å². The van der Waals surface area contributed by atoms with E-state index in [1.165, 1.54) is 0 Å². The molecule has 13 heavy (non-hydrogen) atoms. The van der Waals surface area contributed by atoms with E-state index in [2.05, 4.69) is 5.32 Å². The summed E-state index contributed by atoms with van der Waals surface area (Å²) in [5.74, 6) is 0.0772. The topological polar surface area (TPSA) is 47.6 Å². The number of morpholine rings is 1. The van der Waals surface area contributed by atoms with Gasteiger partial charge in [0.15, 0.2) is 5.78 Å². The number of rotatable bonds is 4. The highest BCUT2D eigenvalue weighted by Crippen LogP contribution is 1.97. The monoisotopic (exact) mass is 187 g/mol. The van der Waals surface area contributed by atoms with Gasteiger partial charge in [-0.15, -0.1) is 0 Å². The summed E-state index contributed by atoms with van der Waals surface area (Å²) in [6, 6.07) is -0.174. The molecule has 0 bridgehead atoms. The quantitative estimate of drug-likeness (QED) is 0.671. The average Bonchev–Trinajstić information content (AvgIpc) is 2.15. The van der Waals surface area contributed by atoms with Crippen molar-refractivity contribution >= 4 is 5.78 Å². The molecule has 0 aromatic carbocycles. The number of carbonyl (C=O) groups excluding carboxylic acids is 1. The second-order valence-electron chi connectivity index (χ2n) is 3.41. The second-order valence-corrected chi connectivity index (χ2v) is 3.41. The summed E-state index contributed by atoms with van der Waals surface area (Å²) >= 11 is 0. The van der Waals surface area contributed by atoms with Crippen molar-refractivity contribution in [2.75, 3.05) is 26.4 Å². The molecule has 0 aromatic heterocycles. The van der Waals surface area contributed by atoms with E-state index in [4.69, 9.17) is 9.47 Å². The predicted molar refractivity (Wildman–Crippen MR) is 48.7 cm³/mol. The van der Waals surface area contributed by atoms with E-state index in [-0.39, 0.29) is 24.5 Å². The molecule has 1 unspecified atom stereocenters. The number of hydrogen-bond acceptors (Lipinski definition) is 4. The Morgan fingerprint density at radius 2 is 2.46 bits per heavy atom. The Bertz CT molecular complexity index is 164. The van der Waals surface area contributed by atoms with Crippen molar-refractivity contribution in [3.63, 3.8) is 0 Å². The SMILES string of the molecule is CC(C)OCC(=O)C1COCCN1. The van der Waals surface area contributed by atoms with Crippen molar-refractivity contribution in [3.8, 4) is 0 Å². The van der Waals surface area contributed by atoms with Crippen molar-refractivity contribution in [2.45, 2.75) is 26.0 Å². The highest BCUT2D eigenvalue weighted by molar-refractivity contribution is 5.85. The van der Waals surface area contributed by atoms with Crippen LogP contribution in [0, 0.1) is 0 Å². The number of nitrogens with one attached hydrogen (secondary N) is 1. The fraction of sp³-hybridized carbons (Fsp3) is 0.889. The minimum absolute atomic E-state index is 0.0772. The standard InChI is InChI=1S/C9H17NO3/c1-7(2)13-6-9(11)8-5-12-4-3-10-8/h7-8,10H,3-6H2,1-2H3. The van der Waals surface area contributed by atoms with Crippen LogP contribution in [0.2, 0.25) is 0 Å². The highest BCUT2D eigenvalue weighted by atomic mass is 16.5. The van der Waals surface area contributed by atoms with Gasteiger partial charge in [0.2, 0.25) is 0 Å². The molecular formula is C9H17NO3. The van der Waals surface area contributed by atoms with Gasteiger partial charge in [0.05, 0.1) is 25.4 Å². The Hall–Kier alpha value is -0.450. The number of ketones is 1. The van der Waals surface area contributed by atoms with Gasteiger partial charge >= 0.3 is 0 Å². The van der Waals surface area contributed by atoms with Gasteiger partial charge < -0.3 is 14.8 Å². The lowest BCUT2D eigenvalue weighted by atomic mass is 10.2. The third-order valence-corrected chi connectivity index (χ3v) is 1.87. The van der Waals surface area contributed by atoms with Crippen LogP contribution < -0.4 is 5.32 Å². The summed E-state index contributed by atoms with van der Waals surface area (Å²) in [7, 11) is 0. The van der Waals surface area contributed by atoms with Crippen LogP contribution in [0.25, 0.3) is 0 Å². The van der Waals surface area contributed by atoms with Crippen LogP contribution >= 0.6 is 0 Å². The molecule has 1 rings (SSSR count). The van der Waals surface area contributed by atoms with Crippen LogP contribution in [-0.2, 0) is 14.3 Å². The van der Waals surface area contributed by atoms with Gasteiger partial charge in [0.1, 0.15) is 6.61 Å². The maximum absolute atomic E-state index is 11.4. The summed E-state index contributed by atoms with van der Waals surface area (Å²) < 4.78 is 10.4. The van der Waals surface area contributed by atoms with Crippen LogP contribution in [0.1, 0.15) is 13.8 Å². The molecule has 0 radical (unpaired) electrons. The van der Waals surface area contributed by atoms with Crippen molar-refractivity contribution < 1.29 is 14.3 Å². The van der Waals surface area contributed by atoms with Gasteiger partial charge in [0, 0.05) is 6.54 Å². The number of ether oxygens (including phenoxy) is 2. The van der Waals surface area contributed by atoms with E-state index < -0.39 is 0 Å². The molecule has 0 spiro atoms. The molecule has 1 aliphatic heterocycles. The molecule has 1 fully saturated rings. The molecule has 1 saturated heterocycles. The first-order valence-corrected chi connectivity index (χ1v) is 4.65. The Balaban J connectivity index is 2.21. The summed E-state index contributed by atoms with van der Waals surface area (Å²) in [5.41, 5.74) is 0. The summed E-state index contributed by atoms with van der Waals surface area (Å²) in [6.45, 7) is 5.92. The zero-order valence-corrected chi connectivity index (χ0v) is 8.21. The van der Waals surface area contributed by atoms with Crippen LogP contribution in [0.3, 0.4) is 0 Å². The largest absolute Gasteiger partial charge is 0.378 e. The first-order chi connectivity index (χ1) is 6.20. The van der Waals surface area contributed by atoms with E-state index in [0.717, 1.165) is 6.54 Å². The lowest BCUT2D eigenvalue weighted by Crippen LogP contribution is -2.47. The van der Waals surface area contributed by atoms with Crippen LogP contribution in [0.4, 0.5) is 0 Å². The first kappa shape index (κ1) is 10.6. The van der Waals surface area contributed by atoms with Gasteiger partial charge in [-0.2, -0.15) is 0 Å². The molecule has 0 saturated carbocycles. The average molecular weight is 187 g/mol. The highest BCUT2D eigenvalue weighted by Gasteiger charge is 2.20. The molecule has 1 N–H and O–H groups in total. The molecule has 0 amide bonds. The first-order valence-electron chi connectivity index (χ1n) is 4.65. The predicted octanol–water partition coefficient (Wildman–Crippen LogP) is -0.0311. The summed E-state index contributed by atoms with van der Waals surface area (Å²) in [4.78, 5) is 11.4. The fourth-order valence-corrected chi connectivity index (χ4v) is 1.12. The Kier molecular flexibility index (Phi) is 4.35. The third-order valence-electron chi connectivity index (χ3n) is 1.87. The van der Waals surface area contributed by atoms with E-state index in [9.17, 15) is 4.79 Å². The van der Waals surface area contributed by atoms with Gasteiger partial charge in [0.25, 0.3) is 0 Å². The minimum atomic E-state index is -0.174. The fourth-order valence-electron chi connectivity index (χ4n) is 1.12. The molecule has 0 aromatic rings. The van der Waals surface area contributed by atoms with Crippen molar-refractivity contribution in [1.82, 2.24) is 5.32 Å².